The molecule has 0 aliphatic carbocycles. The van der Waals surface area contributed by atoms with Crippen molar-refractivity contribution < 1.29 is 4.79 Å². The number of rotatable bonds is 4. The predicted molar refractivity (Wildman–Crippen MR) is 57.7 cm³/mol. The molecule has 13 heavy (non-hydrogen) atoms. The Hall–Kier alpha value is -0.590. The molecule has 0 radical (unpaired) electrons. The van der Waals surface area contributed by atoms with Crippen LogP contribution in [0.4, 0.5) is 0 Å². The number of ketones is 1. The number of carbonyl (C=O) groups is 1. The molecule has 0 aliphatic rings. The number of hydrogen-bond acceptors (Lipinski definition) is 1. The molecule has 0 fully saturated rings. The van der Waals surface area contributed by atoms with Gasteiger partial charge in [0, 0.05) is 5.92 Å². The summed E-state index contributed by atoms with van der Waals surface area (Å²) in [6.45, 7) is 12.2. The van der Waals surface area contributed by atoms with E-state index < -0.39 is 0 Å². The van der Waals surface area contributed by atoms with Crippen molar-refractivity contribution in [1.29, 1.82) is 0 Å². The summed E-state index contributed by atoms with van der Waals surface area (Å²) in [5.41, 5.74) is 1.41. The van der Waals surface area contributed by atoms with Gasteiger partial charge in [-0.15, -0.1) is 0 Å². The van der Waals surface area contributed by atoms with Crippen molar-refractivity contribution in [2.45, 2.75) is 48.0 Å². The van der Waals surface area contributed by atoms with Crippen LogP contribution in [0.5, 0.6) is 0 Å². The molecule has 0 saturated carbocycles. The van der Waals surface area contributed by atoms with E-state index >= 15 is 0 Å². The number of allylic oxidation sites excluding steroid dienone is 2. The molecule has 0 N–H and O–H groups in total. The lowest BCUT2D eigenvalue weighted by atomic mass is 9.75. The molecule has 0 unspecified atom stereocenters. The average molecular weight is 182 g/mol. The van der Waals surface area contributed by atoms with Crippen molar-refractivity contribution in [3.05, 3.63) is 11.6 Å². The molecule has 0 aromatic carbocycles. The zero-order chi connectivity index (χ0) is 10.6. The van der Waals surface area contributed by atoms with E-state index in [1.165, 1.54) is 5.57 Å². The van der Waals surface area contributed by atoms with Gasteiger partial charge < -0.3 is 0 Å². The molecular formula is C12H22O. The summed E-state index contributed by atoms with van der Waals surface area (Å²) in [6, 6.07) is 0. The summed E-state index contributed by atoms with van der Waals surface area (Å²) in [5.74, 6) is 0.426. The molecule has 76 valence electrons. The lowest BCUT2D eigenvalue weighted by Gasteiger charge is -2.29. The molecule has 1 atom stereocenters. The average Bonchev–Trinajstić information content (AvgIpc) is 1.99. The van der Waals surface area contributed by atoms with Gasteiger partial charge in [0.05, 0.1) is 0 Å². The second-order valence-corrected chi connectivity index (χ2v) is 4.81. The van der Waals surface area contributed by atoms with Gasteiger partial charge in [0.25, 0.3) is 0 Å². The fourth-order valence-electron chi connectivity index (χ4n) is 1.19. The first kappa shape index (κ1) is 12.4. The monoisotopic (exact) mass is 182 g/mol. The van der Waals surface area contributed by atoms with Crippen LogP contribution in [0.3, 0.4) is 0 Å². The van der Waals surface area contributed by atoms with Gasteiger partial charge in [-0.1, -0.05) is 32.4 Å². The van der Waals surface area contributed by atoms with Gasteiger partial charge in [0.1, 0.15) is 5.78 Å². The Morgan fingerprint density at radius 3 is 2.08 bits per heavy atom. The molecule has 0 aliphatic heterocycles. The minimum Gasteiger partial charge on any atom is -0.300 e. The molecule has 0 aromatic heterocycles. The normalized spacial score (nSPS) is 13.7. The molecule has 0 bridgehead atoms. The van der Waals surface area contributed by atoms with Crippen LogP contribution in [0, 0.1) is 11.3 Å². The van der Waals surface area contributed by atoms with E-state index in [9.17, 15) is 4.79 Å². The number of hydrogen-bond donors (Lipinski definition) is 0. The first-order valence-corrected chi connectivity index (χ1v) is 4.91. The highest BCUT2D eigenvalue weighted by Gasteiger charge is 2.27. The van der Waals surface area contributed by atoms with E-state index in [1.807, 2.05) is 6.92 Å². The van der Waals surface area contributed by atoms with Gasteiger partial charge in [0.2, 0.25) is 0 Å². The van der Waals surface area contributed by atoms with E-state index in [0.29, 0.717) is 0 Å². The SMILES string of the molecule is CC(=O)[C@H](C)C(C)(C)CC=C(C)C. The summed E-state index contributed by atoms with van der Waals surface area (Å²) >= 11 is 0. The zero-order valence-corrected chi connectivity index (χ0v) is 9.77. The van der Waals surface area contributed by atoms with Gasteiger partial charge in [-0.05, 0) is 32.6 Å². The van der Waals surface area contributed by atoms with Crippen molar-refractivity contribution in [2.24, 2.45) is 11.3 Å². The molecule has 0 rings (SSSR count). The van der Waals surface area contributed by atoms with Crippen molar-refractivity contribution in [1.82, 2.24) is 0 Å². The lowest BCUT2D eigenvalue weighted by molar-refractivity contribution is -0.123. The van der Waals surface area contributed by atoms with Crippen LogP contribution in [0.2, 0.25) is 0 Å². The predicted octanol–water partition coefficient (Wildman–Crippen LogP) is 3.59. The third-order valence-corrected chi connectivity index (χ3v) is 2.82. The molecular weight excluding hydrogens is 160 g/mol. The van der Waals surface area contributed by atoms with Crippen LogP contribution in [0.15, 0.2) is 11.6 Å². The van der Waals surface area contributed by atoms with Gasteiger partial charge in [-0.25, -0.2) is 0 Å². The fraction of sp³-hybridized carbons (Fsp3) is 0.750. The van der Waals surface area contributed by atoms with Crippen LogP contribution in [0.25, 0.3) is 0 Å². The molecule has 1 heteroatoms. The molecule has 0 saturated heterocycles. The third kappa shape index (κ3) is 4.25. The molecule has 0 spiro atoms. The summed E-state index contributed by atoms with van der Waals surface area (Å²) < 4.78 is 0. The molecule has 1 nitrogen and oxygen atoms in total. The third-order valence-electron chi connectivity index (χ3n) is 2.82. The fourth-order valence-corrected chi connectivity index (χ4v) is 1.19. The van der Waals surface area contributed by atoms with E-state index in [0.717, 1.165) is 6.42 Å². The summed E-state index contributed by atoms with van der Waals surface area (Å²) in [5, 5.41) is 0. The van der Waals surface area contributed by atoms with E-state index in [1.54, 1.807) is 6.92 Å². The number of Topliss-reactive ketones (excluding diaryl/α,β-unsaturated/α-hetero) is 1. The lowest BCUT2D eigenvalue weighted by Crippen LogP contribution is -2.26. The van der Waals surface area contributed by atoms with Crippen LogP contribution in [-0.4, -0.2) is 5.78 Å². The highest BCUT2D eigenvalue weighted by molar-refractivity contribution is 5.78. The Morgan fingerprint density at radius 2 is 1.77 bits per heavy atom. The Balaban J connectivity index is 4.39. The van der Waals surface area contributed by atoms with Gasteiger partial charge in [-0.2, -0.15) is 0 Å². The highest BCUT2D eigenvalue weighted by Crippen LogP contribution is 2.31. The summed E-state index contributed by atoms with van der Waals surface area (Å²) in [4.78, 5) is 11.2. The van der Waals surface area contributed by atoms with Crippen molar-refractivity contribution >= 4 is 5.78 Å². The maximum Gasteiger partial charge on any atom is 0.133 e. The quantitative estimate of drug-likeness (QED) is 0.607. The van der Waals surface area contributed by atoms with Crippen LogP contribution < -0.4 is 0 Å². The van der Waals surface area contributed by atoms with Crippen molar-refractivity contribution in [3.8, 4) is 0 Å². The summed E-state index contributed by atoms with van der Waals surface area (Å²) in [6.07, 6.45) is 3.19. The Bertz CT molecular complexity index is 207. The zero-order valence-electron chi connectivity index (χ0n) is 9.77. The van der Waals surface area contributed by atoms with Gasteiger partial charge in [-0.3, -0.25) is 4.79 Å². The van der Waals surface area contributed by atoms with Crippen molar-refractivity contribution in [2.75, 3.05) is 0 Å². The molecule has 0 aromatic rings. The smallest absolute Gasteiger partial charge is 0.133 e. The molecule has 0 heterocycles. The molecule has 0 amide bonds. The topological polar surface area (TPSA) is 17.1 Å². The minimum absolute atomic E-state index is 0.0864. The Kier molecular flexibility index (Phi) is 4.38. The van der Waals surface area contributed by atoms with Crippen LogP contribution >= 0.6 is 0 Å². The number of carbonyl (C=O) groups excluding carboxylic acids is 1. The van der Waals surface area contributed by atoms with Crippen molar-refractivity contribution in [3.63, 3.8) is 0 Å². The summed E-state index contributed by atoms with van der Waals surface area (Å²) in [7, 11) is 0. The highest BCUT2D eigenvalue weighted by atomic mass is 16.1. The van der Waals surface area contributed by atoms with Gasteiger partial charge >= 0.3 is 0 Å². The van der Waals surface area contributed by atoms with Gasteiger partial charge in [0.15, 0.2) is 0 Å². The maximum absolute atomic E-state index is 11.2. The largest absolute Gasteiger partial charge is 0.300 e. The Morgan fingerprint density at radius 1 is 1.31 bits per heavy atom. The first-order chi connectivity index (χ1) is 5.77. The maximum atomic E-state index is 11.2. The standard InChI is InChI=1S/C12H22O/c1-9(2)7-8-12(5,6)10(3)11(4)13/h7,10H,8H2,1-6H3/t10-/m0/s1. The van der Waals surface area contributed by atoms with E-state index in [-0.39, 0.29) is 17.1 Å². The second kappa shape index (κ2) is 4.59. The second-order valence-electron chi connectivity index (χ2n) is 4.81. The van der Waals surface area contributed by atoms with Crippen LogP contribution in [-0.2, 0) is 4.79 Å². The minimum atomic E-state index is 0.0864. The van der Waals surface area contributed by atoms with E-state index in [2.05, 4.69) is 33.8 Å². The van der Waals surface area contributed by atoms with E-state index in [4.69, 9.17) is 0 Å². The Labute approximate surface area is 82.2 Å². The first-order valence-electron chi connectivity index (χ1n) is 4.91. The van der Waals surface area contributed by atoms with Crippen LogP contribution in [0.1, 0.15) is 48.0 Å².